The Morgan fingerprint density at radius 3 is 2.65 bits per heavy atom. The van der Waals surface area contributed by atoms with E-state index in [0.29, 0.717) is 18.9 Å². The number of aliphatic carboxylic acids is 1. The second-order valence-electron chi connectivity index (χ2n) is 6.19. The number of hydrogen-bond donors (Lipinski definition) is 2. The summed E-state index contributed by atoms with van der Waals surface area (Å²) in [6.07, 6.45) is 1.81. The van der Waals surface area contributed by atoms with E-state index in [1.54, 1.807) is 0 Å². The molecular formula is C14H25N3O3. The van der Waals surface area contributed by atoms with Crippen LogP contribution >= 0.6 is 0 Å². The van der Waals surface area contributed by atoms with Gasteiger partial charge in [-0.25, -0.2) is 0 Å². The number of carboxylic acid groups (broad SMARTS) is 1. The van der Waals surface area contributed by atoms with Crippen LogP contribution in [0.5, 0.6) is 0 Å². The molecule has 0 fully saturated rings. The Morgan fingerprint density at radius 1 is 1.40 bits per heavy atom. The predicted octanol–water partition coefficient (Wildman–Crippen LogP) is 2.56. The summed E-state index contributed by atoms with van der Waals surface area (Å²) in [6.45, 7) is 9.56. The molecule has 0 aliphatic carbocycles. The van der Waals surface area contributed by atoms with Gasteiger partial charge in [-0.1, -0.05) is 32.9 Å². The Balaban J connectivity index is 2.25. The lowest BCUT2D eigenvalue weighted by Gasteiger charge is -2.23. The zero-order valence-corrected chi connectivity index (χ0v) is 12.8. The van der Waals surface area contributed by atoms with Gasteiger partial charge in [-0.15, -0.1) is 0 Å². The quantitative estimate of drug-likeness (QED) is 0.677. The van der Waals surface area contributed by atoms with E-state index in [4.69, 9.17) is 9.63 Å². The van der Waals surface area contributed by atoms with Crippen LogP contribution < -0.4 is 5.32 Å². The highest BCUT2D eigenvalue weighted by Crippen LogP contribution is 2.26. The molecule has 20 heavy (non-hydrogen) atoms. The van der Waals surface area contributed by atoms with Crippen LogP contribution in [0.4, 0.5) is 0 Å². The van der Waals surface area contributed by atoms with Gasteiger partial charge in [0.25, 0.3) is 0 Å². The second kappa shape index (κ2) is 7.38. The van der Waals surface area contributed by atoms with Gasteiger partial charge in [0, 0.05) is 12.3 Å². The lowest BCUT2D eigenvalue weighted by Crippen LogP contribution is -2.23. The van der Waals surface area contributed by atoms with Gasteiger partial charge in [0.2, 0.25) is 5.89 Å². The van der Waals surface area contributed by atoms with E-state index in [1.807, 2.05) is 13.8 Å². The third-order valence-corrected chi connectivity index (χ3v) is 3.27. The number of hydrogen-bond acceptors (Lipinski definition) is 5. The smallest absolute Gasteiger partial charge is 0.303 e. The molecule has 0 saturated heterocycles. The maximum Gasteiger partial charge on any atom is 0.303 e. The van der Waals surface area contributed by atoms with Gasteiger partial charge in [0.15, 0.2) is 5.82 Å². The van der Waals surface area contributed by atoms with Crippen LogP contribution in [0.1, 0.15) is 64.6 Å². The second-order valence-corrected chi connectivity index (χ2v) is 6.19. The molecule has 0 aromatic carbocycles. The number of aromatic nitrogens is 2. The molecule has 0 unspecified atom stereocenters. The van der Waals surface area contributed by atoms with Crippen molar-refractivity contribution < 1.29 is 14.4 Å². The highest BCUT2D eigenvalue weighted by molar-refractivity contribution is 5.66. The number of carboxylic acids is 1. The van der Waals surface area contributed by atoms with Crippen LogP contribution in [0.25, 0.3) is 0 Å². The van der Waals surface area contributed by atoms with Crippen molar-refractivity contribution in [2.75, 3.05) is 6.54 Å². The minimum Gasteiger partial charge on any atom is -0.481 e. The first-order chi connectivity index (χ1) is 9.30. The van der Waals surface area contributed by atoms with Gasteiger partial charge in [0.1, 0.15) is 0 Å². The summed E-state index contributed by atoms with van der Waals surface area (Å²) in [6, 6.07) is 0. The topological polar surface area (TPSA) is 88.2 Å². The SMILES string of the molecule is CC(C)c1noc(CNCCC(C)(C)CCC(=O)O)n1. The highest BCUT2D eigenvalue weighted by Gasteiger charge is 2.18. The summed E-state index contributed by atoms with van der Waals surface area (Å²) in [5.41, 5.74) is 0.0172. The van der Waals surface area contributed by atoms with Gasteiger partial charge in [-0.2, -0.15) is 4.98 Å². The van der Waals surface area contributed by atoms with E-state index in [2.05, 4.69) is 29.3 Å². The number of nitrogens with one attached hydrogen (secondary N) is 1. The molecule has 1 aromatic heterocycles. The number of carbonyl (C=O) groups is 1. The lowest BCUT2D eigenvalue weighted by molar-refractivity contribution is -0.137. The van der Waals surface area contributed by atoms with Crippen molar-refractivity contribution in [2.45, 2.75) is 59.4 Å². The molecule has 0 spiro atoms. The fourth-order valence-electron chi connectivity index (χ4n) is 1.77. The Morgan fingerprint density at radius 2 is 2.10 bits per heavy atom. The summed E-state index contributed by atoms with van der Waals surface area (Å²) in [5, 5.41) is 15.9. The molecule has 0 saturated carbocycles. The fraction of sp³-hybridized carbons (Fsp3) is 0.786. The van der Waals surface area contributed by atoms with E-state index in [-0.39, 0.29) is 17.8 Å². The van der Waals surface area contributed by atoms with E-state index >= 15 is 0 Å². The Labute approximate surface area is 120 Å². The van der Waals surface area contributed by atoms with Crippen LogP contribution in [-0.4, -0.2) is 27.8 Å². The first kappa shape index (κ1) is 16.6. The molecule has 1 rings (SSSR count). The Bertz CT molecular complexity index is 427. The predicted molar refractivity (Wildman–Crippen MR) is 75.4 cm³/mol. The Hall–Kier alpha value is -1.43. The summed E-state index contributed by atoms with van der Waals surface area (Å²) in [4.78, 5) is 14.9. The van der Waals surface area contributed by atoms with Crippen LogP contribution in [0.3, 0.4) is 0 Å². The largest absolute Gasteiger partial charge is 0.481 e. The first-order valence-electron chi connectivity index (χ1n) is 7.05. The van der Waals surface area contributed by atoms with Crippen LogP contribution in [-0.2, 0) is 11.3 Å². The average Bonchev–Trinajstić information content (AvgIpc) is 2.81. The van der Waals surface area contributed by atoms with Crippen molar-refractivity contribution in [2.24, 2.45) is 5.41 Å². The molecule has 6 nitrogen and oxygen atoms in total. The molecule has 0 aliphatic rings. The normalized spacial score (nSPS) is 12.1. The lowest BCUT2D eigenvalue weighted by atomic mass is 9.84. The summed E-state index contributed by atoms with van der Waals surface area (Å²) in [7, 11) is 0. The third kappa shape index (κ3) is 6.14. The number of rotatable bonds is 9. The average molecular weight is 283 g/mol. The molecule has 0 aliphatic heterocycles. The van der Waals surface area contributed by atoms with Gasteiger partial charge in [-0.05, 0) is 24.8 Å². The molecule has 6 heteroatoms. The van der Waals surface area contributed by atoms with Crippen molar-refractivity contribution in [3.05, 3.63) is 11.7 Å². The summed E-state index contributed by atoms with van der Waals surface area (Å²) < 4.78 is 5.14. The van der Waals surface area contributed by atoms with Crippen molar-refractivity contribution in [3.63, 3.8) is 0 Å². The molecular weight excluding hydrogens is 258 g/mol. The van der Waals surface area contributed by atoms with Crippen LogP contribution in [0.2, 0.25) is 0 Å². The zero-order valence-electron chi connectivity index (χ0n) is 12.8. The van der Waals surface area contributed by atoms with Crippen molar-refractivity contribution in [1.82, 2.24) is 15.5 Å². The minimum atomic E-state index is -0.738. The monoisotopic (exact) mass is 283 g/mol. The third-order valence-electron chi connectivity index (χ3n) is 3.27. The Kier molecular flexibility index (Phi) is 6.13. The van der Waals surface area contributed by atoms with E-state index in [9.17, 15) is 4.79 Å². The van der Waals surface area contributed by atoms with Crippen molar-refractivity contribution in [1.29, 1.82) is 0 Å². The molecule has 0 radical (unpaired) electrons. The summed E-state index contributed by atoms with van der Waals surface area (Å²) in [5.74, 6) is 0.848. The zero-order chi connectivity index (χ0) is 15.2. The molecule has 0 bridgehead atoms. The standard InChI is InChI=1S/C14H25N3O3/c1-10(2)13-16-11(20-17-13)9-15-8-7-14(3,4)6-5-12(18)19/h10,15H,5-9H2,1-4H3,(H,18,19). The molecule has 2 N–H and O–H groups in total. The van der Waals surface area contributed by atoms with Gasteiger partial charge in [-0.3, -0.25) is 4.79 Å². The van der Waals surface area contributed by atoms with Crippen molar-refractivity contribution >= 4 is 5.97 Å². The fourth-order valence-corrected chi connectivity index (χ4v) is 1.77. The first-order valence-corrected chi connectivity index (χ1v) is 7.05. The molecule has 0 amide bonds. The highest BCUT2D eigenvalue weighted by atomic mass is 16.5. The van der Waals surface area contributed by atoms with E-state index in [0.717, 1.165) is 18.8 Å². The summed E-state index contributed by atoms with van der Waals surface area (Å²) >= 11 is 0. The molecule has 0 atom stereocenters. The molecule has 1 aromatic rings. The maximum atomic E-state index is 10.6. The van der Waals surface area contributed by atoms with E-state index in [1.165, 1.54) is 0 Å². The van der Waals surface area contributed by atoms with Gasteiger partial charge < -0.3 is 14.9 Å². The maximum absolute atomic E-state index is 10.6. The van der Waals surface area contributed by atoms with E-state index < -0.39 is 5.97 Å². The minimum absolute atomic E-state index is 0.0172. The van der Waals surface area contributed by atoms with Gasteiger partial charge in [0.05, 0.1) is 6.54 Å². The van der Waals surface area contributed by atoms with Gasteiger partial charge >= 0.3 is 5.97 Å². The van der Waals surface area contributed by atoms with Crippen LogP contribution in [0, 0.1) is 5.41 Å². The van der Waals surface area contributed by atoms with Crippen molar-refractivity contribution in [3.8, 4) is 0 Å². The molecule has 1 heterocycles. The number of nitrogens with zero attached hydrogens (tertiary/aromatic N) is 2. The molecule has 114 valence electrons. The van der Waals surface area contributed by atoms with Crippen LogP contribution in [0.15, 0.2) is 4.52 Å².